The average molecular weight is 310 g/mol. The van der Waals surface area contributed by atoms with Gasteiger partial charge in [0.1, 0.15) is 5.69 Å². The van der Waals surface area contributed by atoms with Gasteiger partial charge in [-0.15, -0.1) is 0 Å². The van der Waals surface area contributed by atoms with Crippen molar-refractivity contribution in [3.05, 3.63) is 53.6 Å². The third-order valence-electron chi connectivity index (χ3n) is 3.60. The van der Waals surface area contributed by atoms with Crippen LogP contribution in [0.4, 0.5) is 0 Å². The number of nitrogens with one attached hydrogen (secondary N) is 1. The number of pyridine rings is 1. The topological polar surface area (TPSA) is 77.6 Å². The van der Waals surface area contributed by atoms with Crippen molar-refractivity contribution in [3.63, 3.8) is 0 Å². The van der Waals surface area contributed by atoms with Crippen LogP contribution in [0.5, 0.6) is 0 Å². The smallest absolute Gasteiger partial charge is 0.269 e. The molecule has 0 bridgehead atoms. The van der Waals surface area contributed by atoms with Gasteiger partial charge >= 0.3 is 0 Å². The van der Waals surface area contributed by atoms with Crippen LogP contribution in [0.3, 0.4) is 0 Å². The maximum Gasteiger partial charge on any atom is 0.269 e. The lowest BCUT2D eigenvalue weighted by Gasteiger charge is -2.06. The molecule has 0 atom stereocenters. The van der Waals surface area contributed by atoms with Gasteiger partial charge in [-0.25, -0.2) is 0 Å². The van der Waals surface area contributed by atoms with Gasteiger partial charge in [-0.2, -0.15) is 10.2 Å². The van der Waals surface area contributed by atoms with Crippen molar-refractivity contribution >= 4 is 5.91 Å². The first-order valence-electron chi connectivity index (χ1n) is 7.27. The summed E-state index contributed by atoms with van der Waals surface area (Å²) in [6, 6.07) is 7.55. The van der Waals surface area contributed by atoms with E-state index in [9.17, 15) is 4.79 Å². The Hall–Kier alpha value is -2.96. The van der Waals surface area contributed by atoms with E-state index in [1.807, 2.05) is 32.2 Å². The molecule has 7 nitrogen and oxygen atoms in total. The molecule has 3 aromatic heterocycles. The van der Waals surface area contributed by atoms with Gasteiger partial charge < -0.3 is 5.32 Å². The van der Waals surface area contributed by atoms with Crippen LogP contribution in [0.1, 0.15) is 21.7 Å². The summed E-state index contributed by atoms with van der Waals surface area (Å²) < 4.78 is 3.35. The normalized spacial score (nSPS) is 10.7. The number of carbonyl (C=O) groups excluding carboxylic acids is 1. The predicted molar refractivity (Wildman–Crippen MR) is 85.6 cm³/mol. The SMILES string of the molecule is Cc1cc(C(=O)NCc2ccc(-c3ccnn3C)nc2)n(C)n1. The van der Waals surface area contributed by atoms with E-state index in [0.717, 1.165) is 22.6 Å². The Morgan fingerprint density at radius 3 is 2.61 bits per heavy atom. The fourth-order valence-electron chi connectivity index (χ4n) is 2.40. The second kappa shape index (κ2) is 6.04. The summed E-state index contributed by atoms with van der Waals surface area (Å²) in [5.41, 5.74) is 4.10. The minimum atomic E-state index is -0.149. The Bertz CT molecular complexity index is 831. The summed E-state index contributed by atoms with van der Waals surface area (Å²) in [6.45, 7) is 2.28. The average Bonchev–Trinajstić information content (AvgIpc) is 3.10. The van der Waals surface area contributed by atoms with Crippen molar-refractivity contribution in [2.24, 2.45) is 14.1 Å². The van der Waals surface area contributed by atoms with E-state index >= 15 is 0 Å². The zero-order chi connectivity index (χ0) is 16.4. The highest BCUT2D eigenvalue weighted by atomic mass is 16.2. The fraction of sp³-hybridized carbons (Fsp3) is 0.250. The van der Waals surface area contributed by atoms with Crippen LogP contribution in [0.15, 0.2) is 36.7 Å². The van der Waals surface area contributed by atoms with E-state index in [1.165, 1.54) is 0 Å². The number of carbonyl (C=O) groups is 1. The first-order chi connectivity index (χ1) is 11.0. The molecule has 0 saturated heterocycles. The number of aromatic nitrogens is 5. The van der Waals surface area contributed by atoms with Crippen LogP contribution in [0, 0.1) is 6.92 Å². The first-order valence-corrected chi connectivity index (χ1v) is 7.27. The maximum atomic E-state index is 12.1. The standard InChI is InChI=1S/C16H18N6O/c1-11-8-15(22(3)20-11)16(23)18-10-12-4-5-13(17-9-12)14-6-7-19-21(14)2/h4-9H,10H2,1-3H3,(H,18,23). The van der Waals surface area contributed by atoms with Gasteiger partial charge in [0.2, 0.25) is 0 Å². The highest BCUT2D eigenvalue weighted by Gasteiger charge is 2.11. The minimum Gasteiger partial charge on any atom is -0.347 e. The Morgan fingerprint density at radius 2 is 2.04 bits per heavy atom. The van der Waals surface area contributed by atoms with Crippen molar-refractivity contribution in [1.82, 2.24) is 29.9 Å². The molecule has 3 aromatic rings. The molecule has 0 spiro atoms. The fourth-order valence-corrected chi connectivity index (χ4v) is 2.40. The first kappa shape index (κ1) is 15.0. The van der Waals surface area contributed by atoms with Gasteiger partial charge in [-0.3, -0.25) is 19.1 Å². The molecule has 3 rings (SSSR count). The Labute approximate surface area is 134 Å². The molecule has 0 aliphatic heterocycles. The molecular formula is C16H18N6O. The quantitative estimate of drug-likeness (QED) is 0.791. The number of aryl methyl sites for hydroxylation is 3. The van der Waals surface area contributed by atoms with Crippen LogP contribution in [0.25, 0.3) is 11.4 Å². The van der Waals surface area contributed by atoms with Gasteiger partial charge in [0.05, 0.1) is 17.1 Å². The number of hydrogen-bond donors (Lipinski definition) is 1. The Balaban J connectivity index is 1.66. The molecule has 1 amide bonds. The van der Waals surface area contributed by atoms with Crippen LogP contribution in [0.2, 0.25) is 0 Å². The summed E-state index contributed by atoms with van der Waals surface area (Å²) in [5.74, 6) is -0.149. The summed E-state index contributed by atoms with van der Waals surface area (Å²) in [6.07, 6.45) is 3.50. The van der Waals surface area contributed by atoms with Crippen molar-refractivity contribution in [2.75, 3.05) is 0 Å². The summed E-state index contributed by atoms with van der Waals surface area (Å²) >= 11 is 0. The van der Waals surface area contributed by atoms with Crippen LogP contribution in [-0.2, 0) is 20.6 Å². The molecule has 7 heteroatoms. The monoisotopic (exact) mass is 310 g/mol. The molecule has 0 aliphatic rings. The number of nitrogens with zero attached hydrogens (tertiary/aromatic N) is 5. The lowest BCUT2D eigenvalue weighted by atomic mass is 10.2. The second-order valence-electron chi connectivity index (χ2n) is 5.37. The van der Waals surface area contributed by atoms with Crippen molar-refractivity contribution in [2.45, 2.75) is 13.5 Å². The lowest BCUT2D eigenvalue weighted by molar-refractivity contribution is 0.0941. The molecule has 0 aliphatic carbocycles. The zero-order valence-electron chi connectivity index (χ0n) is 13.3. The highest BCUT2D eigenvalue weighted by Crippen LogP contribution is 2.15. The number of amides is 1. The summed E-state index contributed by atoms with van der Waals surface area (Å²) in [7, 11) is 3.63. The van der Waals surface area contributed by atoms with Crippen molar-refractivity contribution in [3.8, 4) is 11.4 Å². The molecular weight excluding hydrogens is 292 g/mol. The maximum absolute atomic E-state index is 12.1. The molecule has 3 heterocycles. The van der Waals surface area contributed by atoms with Crippen molar-refractivity contribution in [1.29, 1.82) is 0 Å². The van der Waals surface area contributed by atoms with Gasteiger partial charge in [0, 0.05) is 33.0 Å². The van der Waals surface area contributed by atoms with E-state index in [-0.39, 0.29) is 5.91 Å². The summed E-state index contributed by atoms with van der Waals surface area (Å²) in [4.78, 5) is 16.6. The molecule has 118 valence electrons. The van der Waals surface area contributed by atoms with Gasteiger partial charge in [-0.05, 0) is 30.7 Å². The largest absolute Gasteiger partial charge is 0.347 e. The zero-order valence-corrected chi connectivity index (χ0v) is 13.3. The highest BCUT2D eigenvalue weighted by molar-refractivity contribution is 5.92. The van der Waals surface area contributed by atoms with Crippen molar-refractivity contribution < 1.29 is 4.79 Å². The number of rotatable bonds is 4. The van der Waals surface area contributed by atoms with E-state index in [2.05, 4.69) is 20.5 Å². The predicted octanol–water partition coefficient (Wildman–Crippen LogP) is 1.45. The molecule has 0 radical (unpaired) electrons. The van der Waals surface area contributed by atoms with Gasteiger partial charge in [0.25, 0.3) is 5.91 Å². The molecule has 23 heavy (non-hydrogen) atoms. The van der Waals surface area contributed by atoms with Gasteiger partial charge in [-0.1, -0.05) is 6.07 Å². The van der Waals surface area contributed by atoms with Crippen LogP contribution >= 0.6 is 0 Å². The minimum absolute atomic E-state index is 0.149. The molecule has 1 N–H and O–H groups in total. The van der Waals surface area contributed by atoms with Crippen LogP contribution in [-0.4, -0.2) is 30.5 Å². The third-order valence-corrected chi connectivity index (χ3v) is 3.60. The molecule has 0 fully saturated rings. The number of hydrogen-bond acceptors (Lipinski definition) is 4. The van der Waals surface area contributed by atoms with E-state index < -0.39 is 0 Å². The van der Waals surface area contributed by atoms with E-state index in [1.54, 1.807) is 34.9 Å². The Morgan fingerprint density at radius 1 is 1.22 bits per heavy atom. The Kier molecular flexibility index (Phi) is 3.92. The summed E-state index contributed by atoms with van der Waals surface area (Å²) in [5, 5.41) is 11.2. The lowest BCUT2D eigenvalue weighted by Crippen LogP contribution is -2.25. The third kappa shape index (κ3) is 3.13. The molecule has 0 unspecified atom stereocenters. The van der Waals surface area contributed by atoms with E-state index in [4.69, 9.17) is 0 Å². The van der Waals surface area contributed by atoms with Gasteiger partial charge in [0.15, 0.2) is 0 Å². The molecule has 0 aromatic carbocycles. The molecule has 0 saturated carbocycles. The van der Waals surface area contributed by atoms with Crippen LogP contribution < -0.4 is 5.32 Å². The second-order valence-corrected chi connectivity index (χ2v) is 5.37. The van der Waals surface area contributed by atoms with E-state index in [0.29, 0.717) is 12.2 Å².